The van der Waals surface area contributed by atoms with E-state index in [0.717, 1.165) is 0 Å². The number of ether oxygens (including phenoxy) is 1. The van der Waals surface area contributed by atoms with Gasteiger partial charge in [0.15, 0.2) is 0 Å². The Labute approximate surface area is 136 Å². The van der Waals surface area contributed by atoms with Crippen molar-refractivity contribution >= 4 is 23.7 Å². The monoisotopic (exact) mass is 327 g/mol. The SMILES string of the molecule is C=C(C)C(=O)N[C@@H](C)C(=O)N[C@@H](C)C(=O)N[C@@H](C)C(=O)OCC. The van der Waals surface area contributed by atoms with E-state index in [-0.39, 0.29) is 12.2 Å². The zero-order valence-electron chi connectivity index (χ0n) is 14.2. The van der Waals surface area contributed by atoms with Crippen molar-refractivity contribution in [1.29, 1.82) is 0 Å². The van der Waals surface area contributed by atoms with E-state index in [2.05, 4.69) is 22.5 Å². The lowest BCUT2D eigenvalue weighted by Crippen LogP contribution is -2.53. The van der Waals surface area contributed by atoms with Crippen molar-refractivity contribution in [2.45, 2.75) is 52.7 Å². The number of carbonyl (C=O) groups is 4. The molecule has 0 aromatic carbocycles. The molecule has 0 aliphatic carbocycles. The fraction of sp³-hybridized carbons (Fsp3) is 0.600. The standard InChI is InChI=1S/C15H25N3O5/c1-7-23-15(22)11(6)18-14(21)10(5)17-13(20)9(4)16-12(19)8(2)3/h9-11H,2,7H2,1,3-6H3,(H,16,19)(H,17,20)(H,18,21)/t9-,10-,11-/m0/s1. The Morgan fingerprint density at radius 2 is 1.35 bits per heavy atom. The van der Waals surface area contributed by atoms with Crippen molar-refractivity contribution in [3.05, 3.63) is 12.2 Å². The molecule has 0 saturated heterocycles. The lowest BCUT2D eigenvalue weighted by molar-refractivity contribution is -0.147. The molecule has 0 aromatic heterocycles. The number of hydrogen-bond acceptors (Lipinski definition) is 5. The second-order valence-corrected chi connectivity index (χ2v) is 5.19. The molecule has 0 bridgehead atoms. The van der Waals surface area contributed by atoms with E-state index in [1.165, 1.54) is 27.7 Å². The highest BCUT2D eigenvalue weighted by Gasteiger charge is 2.24. The summed E-state index contributed by atoms with van der Waals surface area (Å²) in [6.07, 6.45) is 0. The van der Waals surface area contributed by atoms with Gasteiger partial charge in [0.1, 0.15) is 18.1 Å². The zero-order valence-corrected chi connectivity index (χ0v) is 14.2. The van der Waals surface area contributed by atoms with Crippen molar-refractivity contribution in [2.24, 2.45) is 0 Å². The average molecular weight is 327 g/mol. The third-order valence-electron chi connectivity index (χ3n) is 2.88. The van der Waals surface area contributed by atoms with E-state index in [9.17, 15) is 19.2 Å². The maximum Gasteiger partial charge on any atom is 0.328 e. The molecule has 3 atom stereocenters. The molecule has 0 aliphatic rings. The summed E-state index contributed by atoms with van der Waals surface area (Å²) in [7, 11) is 0. The van der Waals surface area contributed by atoms with Gasteiger partial charge in [-0.25, -0.2) is 4.79 Å². The number of rotatable bonds is 8. The van der Waals surface area contributed by atoms with Crippen LogP contribution in [0.15, 0.2) is 12.2 Å². The number of nitrogens with one attached hydrogen (secondary N) is 3. The average Bonchev–Trinajstić information content (AvgIpc) is 2.46. The highest BCUT2D eigenvalue weighted by atomic mass is 16.5. The Morgan fingerprint density at radius 3 is 1.78 bits per heavy atom. The first-order valence-electron chi connectivity index (χ1n) is 7.33. The molecule has 8 heteroatoms. The molecule has 0 aromatic rings. The van der Waals surface area contributed by atoms with E-state index in [4.69, 9.17) is 4.74 Å². The molecule has 0 aliphatic heterocycles. The van der Waals surface area contributed by atoms with E-state index in [1.54, 1.807) is 6.92 Å². The van der Waals surface area contributed by atoms with Crippen molar-refractivity contribution in [3.63, 3.8) is 0 Å². The summed E-state index contributed by atoms with van der Waals surface area (Å²) in [5.41, 5.74) is 0.277. The smallest absolute Gasteiger partial charge is 0.328 e. The lowest BCUT2D eigenvalue weighted by atomic mass is 10.2. The van der Waals surface area contributed by atoms with Crippen LogP contribution in [-0.2, 0) is 23.9 Å². The van der Waals surface area contributed by atoms with E-state index < -0.39 is 41.8 Å². The van der Waals surface area contributed by atoms with Gasteiger partial charge in [-0.15, -0.1) is 0 Å². The van der Waals surface area contributed by atoms with Crippen LogP contribution in [0.2, 0.25) is 0 Å². The third-order valence-corrected chi connectivity index (χ3v) is 2.88. The number of esters is 1. The van der Waals surface area contributed by atoms with Crippen molar-refractivity contribution < 1.29 is 23.9 Å². The van der Waals surface area contributed by atoms with Gasteiger partial charge in [0, 0.05) is 5.57 Å². The molecule has 8 nitrogen and oxygen atoms in total. The molecular weight excluding hydrogens is 302 g/mol. The summed E-state index contributed by atoms with van der Waals surface area (Å²) < 4.78 is 4.77. The molecular formula is C15H25N3O5. The van der Waals surface area contributed by atoms with Crippen LogP contribution in [-0.4, -0.2) is 48.4 Å². The second kappa shape index (κ2) is 9.60. The van der Waals surface area contributed by atoms with Crippen LogP contribution in [0.1, 0.15) is 34.6 Å². The Balaban J connectivity index is 4.45. The first kappa shape index (κ1) is 20.6. The highest BCUT2D eigenvalue weighted by molar-refractivity contribution is 5.97. The summed E-state index contributed by atoms with van der Waals surface area (Å²) in [6.45, 7) is 11.3. The topological polar surface area (TPSA) is 114 Å². The van der Waals surface area contributed by atoms with Crippen molar-refractivity contribution in [3.8, 4) is 0 Å². The Morgan fingerprint density at radius 1 is 0.913 bits per heavy atom. The third kappa shape index (κ3) is 7.44. The zero-order chi connectivity index (χ0) is 18.2. The molecule has 0 heterocycles. The Bertz CT molecular complexity index is 490. The van der Waals surface area contributed by atoms with Gasteiger partial charge in [-0.05, 0) is 34.6 Å². The summed E-state index contributed by atoms with van der Waals surface area (Å²) in [4.78, 5) is 46.7. The van der Waals surface area contributed by atoms with Crippen LogP contribution in [0, 0.1) is 0 Å². The minimum Gasteiger partial charge on any atom is -0.464 e. The van der Waals surface area contributed by atoms with Gasteiger partial charge in [0.05, 0.1) is 6.61 Å². The van der Waals surface area contributed by atoms with Crippen molar-refractivity contribution in [2.75, 3.05) is 6.61 Å². The molecule has 0 rings (SSSR count). The van der Waals surface area contributed by atoms with Crippen LogP contribution in [0.4, 0.5) is 0 Å². The number of carbonyl (C=O) groups excluding carboxylic acids is 4. The predicted octanol–water partition coefficient (Wildman–Crippen LogP) is -0.360. The minimum absolute atomic E-state index is 0.214. The Hall–Kier alpha value is -2.38. The Kier molecular flexibility index (Phi) is 8.61. The summed E-state index contributed by atoms with van der Waals surface area (Å²) in [6, 6.07) is -2.51. The second-order valence-electron chi connectivity index (χ2n) is 5.19. The first-order chi connectivity index (χ1) is 10.6. The molecule has 130 valence electrons. The number of hydrogen-bond donors (Lipinski definition) is 3. The van der Waals surface area contributed by atoms with Gasteiger partial charge in [0.25, 0.3) is 0 Å². The normalized spacial score (nSPS) is 14.0. The minimum atomic E-state index is -0.872. The van der Waals surface area contributed by atoms with E-state index in [1.807, 2.05) is 0 Å². The van der Waals surface area contributed by atoms with Crippen LogP contribution >= 0.6 is 0 Å². The van der Waals surface area contributed by atoms with Gasteiger partial charge in [0.2, 0.25) is 17.7 Å². The quantitative estimate of drug-likeness (QED) is 0.416. The lowest BCUT2D eigenvalue weighted by Gasteiger charge is -2.20. The summed E-state index contributed by atoms with van der Waals surface area (Å²) in [5, 5.41) is 7.33. The van der Waals surface area contributed by atoms with Crippen LogP contribution in [0.5, 0.6) is 0 Å². The molecule has 23 heavy (non-hydrogen) atoms. The summed E-state index contributed by atoms with van der Waals surface area (Å²) in [5.74, 6) is -2.05. The van der Waals surface area contributed by atoms with Crippen molar-refractivity contribution in [1.82, 2.24) is 16.0 Å². The van der Waals surface area contributed by atoms with Gasteiger partial charge in [-0.1, -0.05) is 6.58 Å². The highest BCUT2D eigenvalue weighted by Crippen LogP contribution is 1.94. The van der Waals surface area contributed by atoms with Gasteiger partial charge >= 0.3 is 5.97 Å². The van der Waals surface area contributed by atoms with E-state index >= 15 is 0 Å². The fourth-order valence-corrected chi connectivity index (χ4v) is 1.45. The van der Waals surface area contributed by atoms with Gasteiger partial charge in [-0.3, -0.25) is 14.4 Å². The molecule has 0 saturated carbocycles. The molecule has 0 spiro atoms. The summed E-state index contributed by atoms with van der Waals surface area (Å²) >= 11 is 0. The fourth-order valence-electron chi connectivity index (χ4n) is 1.45. The maximum absolute atomic E-state index is 11.9. The molecule has 0 radical (unpaired) electrons. The van der Waals surface area contributed by atoms with Gasteiger partial charge in [-0.2, -0.15) is 0 Å². The van der Waals surface area contributed by atoms with Gasteiger partial charge < -0.3 is 20.7 Å². The van der Waals surface area contributed by atoms with Crippen LogP contribution in [0.25, 0.3) is 0 Å². The molecule has 0 unspecified atom stereocenters. The molecule has 0 fully saturated rings. The van der Waals surface area contributed by atoms with Crippen LogP contribution in [0.3, 0.4) is 0 Å². The first-order valence-corrected chi connectivity index (χ1v) is 7.33. The molecule has 3 amide bonds. The largest absolute Gasteiger partial charge is 0.464 e. The number of amides is 3. The predicted molar refractivity (Wildman–Crippen MR) is 84.3 cm³/mol. The maximum atomic E-state index is 11.9. The van der Waals surface area contributed by atoms with Crippen LogP contribution < -0.4 is 16.0 Å². The van der Waals surface area contributed by atoms with E-state index in [0.29, 0.717) is 0 Å². The molecule has 3 N–H and O–H groups in total.